The standard InChI is InChI=1S/C4H7F.C3H8/c1-3-2-4(3)5;1-3-2/h3-4H,2H2,1H3;3H2,1-2H3/t3-,4+;/m1./s1. The monoisotopic (exact) mass is 118 g/mol. The van der Waals surface area contributed by atoms with Crippen molar-refractivity contribution in [3.63, 3.8) is 0 Å². The van der Waals surface area contributed by atoms with Gasteiger partial charge in [0.25, 0.3) is 0 Å². The lowest BCUT2D eigenvalue weighted by Crippen LogP contribution is -1.63. The number of halogens is 1. The average molecular weight is 118 g/mol. The van der Waals surface area contributed by atoms with Gasteiger partial charge in [0.1, 0.15) is 6.17 Å². The first-order chi connectivity index (χ1) is 3.72. The second-order valence-electron chi connectivity index (χ2n) is 2.44. The molecule has 0 aliphatic heterocycles. The summed E-state index contributed by atoms with van der Waals surface area (Å²) in [6.45, 7) is 6.17. The van der Waals surface area contributed by atoms with Crippen molar-refractivity contribution in [3.8, 4) is 0 Å². The first-order valence-corrected chi connectivity index (χ1v) is 3.36. The predicted octanol–water partition coefficient (Wildman–Crippen LogP) is 2.78. The zero-order valence-electron chi connectivity index (χ0n) is 5.95. The van der Waals surface area contributed by atoms with Gasteiger partial charge < -0.3 is 0 Å². The molecule has 1 aliphatic carbocycles. The van der Waals surface area contributed by atoms with Crippen LogP contribution in [-0.2, 0) is 0 Å². The highest BCUT2D eigenvalue weighted by Crippen LogP contribution is 2.32. The van der Waals surface area contributed by atoms with Crippen LogP contribution < -0.4 is 0 Å². The van der Waals surface area contributed by atoms with E-state index in [-0.39, 0.29) is 0 Å². The molecule has 0 heterocycles. The summed E-state index contributed by atoms with van der Waals surface area (Å²) in [6.07, 6.45) is 1.61. The number of hydrogen-bond acceptors (Lipinski definition) is 0. The largest absolute Gasteiger partial charge is 0.247 e. The summed E-state index contributed by atoms with van der Waals surface area (Å²) in [5.41, 5.74) is 0. The minimum Gasteiger partial charge on any atom is -0.247 e. The van der Waals surface area contributed by atoms with Crippen molar-refractivity contribution in [1.29, 1.82) is 0 Å². The Morgan fingerprint density at radius 3 is 1.62 bits per heavy atom. The Bertz CT molecular complexity index is 46.3. The minimum absolute atomic E-state index is 0.384. The van der Waals surface area contributed by atoms with Crippen LogP contribution in [0.15, 0.2) is 0 Å². The molecule has 0 spiro atoms. The van der Waals surface area contributed by atoms with Gasteiger partial charge in [0.2, 0.25) is 0 Å². The highest BCUT2D eigenvalue weighted by Gasteiger charge is 2.31. The molecule has 0 unspecified atom stereocenters. The van der Waals surface area contributed by atoms with Crippen LogP contribution in [0, 0.1) is 5.92 Å². The van der Waals surface area contributed by atoms with Gasteiger partial charge in [0.15, 0.2) is 0 Å². The van der Waals surface area contributed by atoms with Crippen molar-refractivity contribution in [2.24, 2.45) is 5.92 Å². The highest BCUT2D eigenvalue weighted by atomic mass is 19.1. The maximum absolute atomic E-state index is 11.5. The van der Waals surface area contributed by atoms with E-state index in [0.717, 1.165) is 6.42 Å². The number of hydrogen-bond donors (Lipinski definition) is 0. The smallest absolute Gasteiger partial charge is 0.103 e. The van der Waals surface area contributed by atoms with Gasteiger partial charge in [0, 0.05) is 0 Å². The van der Waals surface area contributed by atoms with Gasteiger partial charge in [-0.3, -0.25) is 0 Å². The van der Waals surface area contributed by atoms with Crippen LogP contribution in [0.1, 0.15) is 33.6 Å². The molecular formula is C7H15F. The Kier molecular flexibility index (Phi) is 3.84. The van der Waals surface area contributed by atoms with Crippen LogP contribution in [0.4, 0.5) is 4.39 Å². The van der Waals surface area contributed by atoms with Gasteiger partial charge in [-0.1, -0.05) is 27.2 Å². The van der Waals surface area contributed by atoms with Crippen LogP contribution in [0.5, 0.6) is 0 Å². The Hall–Kier alpha value is -0.0700. The average Bonchev–Trinajstić information content (AvgIpc) is 2.22. The fourth-order valence-corrected chi connectivity index (χ4v) is 0.277. The third-order valence-corrected chi connectivity index (χ3v) is 1.01. The Labute approximate surface area is 51.1 Å². The predicted molar refractivity (Wildman–Crippen MR) is 34.6 cm³/mol. The van der Waals surface area contributed by atoms with Crippen LogP contribution in [0.2, 0.25) is 0 Å². The molecule has 0 radical (unpaired) electrons. The molecule has 0 aromatic rings. The first kappa shape index (κ1) is 7.93. The molecule has 0 amide bonds. The summed E-state index contributed by atoms with van der Waals surface area (Å²) in [5.74, 6) is 0.384. The maximum Gasteiger partial charge on any atom is 0.103 e. The molecule has 0 N–H and O–H groups in total. The van der Waals surface area contributed by atoms with Crippen LogP contribution in [0.3, 0.4) is 0 Å². The molecule has 0 saturated heterocycles. The van der Waals surface area contributed by atoms with Gasteiger partial charge in [0.05, 0.1) is 0 Å². The van der Waals surface area contributed by atoms with E-state index in [0.29, 0.717) is 5.92 Å². The zero-order chi connectivity index (χ0) is 6.57. The van der Waals surface area contributed by atoms with E-state index in [2.05, 4.69) is 13.8 Å². The lowest BCUT2D eigenvalue weighted by Gasteiger charge is -1.63. The molecule has 50 valence electrons. The third kappa shape index (κ3) is 4.10. The Morgan fingerprint density at radius 1 is 1.50 bits per heavy atom. The van der Waals surface area contributed by atoms with Crippen molar-refractivity contribution >= 4 is 0 Å². The van der Waals surface area contributed by atoms with Crippen molar-refractivity contribution in [3.05, 3.63) is 0 Å². The molecule has 1 fully saturated rings. The van der Waals surface area contributed by atoms with Gasteiger partial charge in [-0.15, -0.1) is 0 Å². The number of alkyl halides is 1. The third-order valence-electron chi connectivity index (χ3n) is 1.01. The fraction of sp³-hybridized carbons (Fsp3) is 1.00. The highest BCUT2D eigenvalue weighted by molar-refractivity contribution is 4.81. The Balaban J connectivity index is 0.000000145. The molecule has 0 aromatic heterocycles. The summed E-state index contributed by atoms with van der Waals surface area (Å²) in [6, 6.07) is 0. The molecule has 1 heteroatoms. The first-order valence-electron chi connectivity index (χ1n) is 3.36. The van der Waals surface area contributed by atoms with Crippen LogP contribution in [0.25, 0.3) is 0 Å². The second kappa shape index (κ2) is 3.88. The Morgan fingerprint density at radius 2 is 1.62 bits per heavy atom. The molecule has 0 aromatic carbocycles. The van der Waals surface area contributed by atoms with Crippen LogP contribution in [-0.4, -0.2) is 6.17 Å². The van der Waals surface area contributed by atoms with E-state index in [1.165, 1.54) is 6.42 Å². The van der Waals surface area contributed by atoms with Gasteiger partial charge in [-0.05, 0) is 12.3 Å². The zero-order valence-corrected chi connectivity index (χ0v) is 5.95. The van der Waals surface area contributed by atoms with E-state index < -0.39 is 6.17 Å². The fourth-order valence-electron chi connectivity index (χ4n) is 0.277. The molecule has 0 nitrogen and oxygen atoms in total. The van der Waals surface area contributed by atoms with E-state index >= 15 is 0 Å². The summed E-state index contributed by atoms with van der Waals surface area (Å²) in [4.78, 5) is 0. The molecule has 2 atom stereocenters. The van der Waals surface area contributed by atoms with Gasteiger partial charge in [-0.25, -0.2) is 4.39 Å². The van der Waals surface area contributed by atoms with Crippen molar-refractivity contribution < 1.29 is 4.39 Å². The van der Waals surface area contributed by atoms with Crippen LogP contribution >= 0.6 is 0 Å². The molecule has 1 aliphatic rings. The molecule has 8 heavy (non-hydrogen) atoms. The summed E-state index contributed by atoms with van der Waals surface area (Å²) < 4.78 is 11.5. The minimum atomic E-state index is -0.449. The second-order valence-corrected chi connectivity index (χ2v) is 2.44. The quantitative estimate of drug-likeness (QED) is 0.459. The molecule has 1 rings (SSSR count). The van der Waals surface area contributed by atoms with Crippen molar-refractivity contribution in [2.75, 3.05) is 0 Å². The summed E-state index contributed by atoms with van der Waals surface area (Å²) >= 11 is 0. The lowest BCUT2D eigenvalue weighted by molar-refractivity contribution is 0.454. The van der Waals surface area contributed by atoms with E-state index in [4.69, 9.17) is 0 Å². The maximum atomic E-state index is 11.5. The van der Waals surface area contributed by atoms with E-state index in [1.807, 2.05) is 6.92 Å². The molecule has 0 bridgehead atoms. The molecule has 1 saturated carbocycles. The van der Waals surface area contributed by atoms with E-state index in [9.17, 15) is 4.39 Å². The molecular weight excluding hydrogens is 103 g/mol. The SMILES string of the molecule is CCC.C[C@@H]1C[C@@H]1F. The van der Waals surface area contributed by atoms with Crippen molar-refractivity contribution in [1.82, 2.24) is 0 Å². The number of rotatable bonds is 0. The van der Waals surface area contributed by atoms with Crippen molar-refractivity contribution in [2.45, 2.75) is 39.8 Å². The summed E-state index contributed by atoms with van der Waals surface area (Å²) in [5, 5.41) is 0. The lowest BCUT2D eigenvalue weighted by atomic mass is 10.5. The summed E-state index contributed by atoms with van der Waals surface area (Å²) in [7, 11) is 0. The van der Waals surface area contributed by atoms with Gasteiger partial charge >= 0.3 is 0 Å². The topological polar surface area (TPSA) is 0 Å². The normalized spacial score (nSPS) is 33.0. The van der Waals surface area contributed by atoms with Gasteiger partial charge in [-0.2, -0.15) is 0 Å². The van der Waals surface area contributed by atoms with E-state index in [1.54, 1.807) is 0 Å².